The monoisotopic (exact) mass is 377 g/mol. The van der Waals surface area contributed by atoms with Crippen molar-refractivity contribution in [1.29, 1.82) is 0 Å². The zero-order valence-corrected chi connectivity index (χ0v) is 16.3. The molecule has 2 aliphatic rings. The van der Waals surface area contributed by atoms with Crippen molar-refractivity contribution in [3.05, 3.63) is 29.8 Å². The number of nitrogens with one attached hydrogen (secondary N) is 1. The molecule has 0 bridgehead atoms. The third kappa shape index (κ3) is 6.46. The van der Waals surface area contributed by atoms with E-state index in [1.807, 2.05) is 17.0 Å². The number of aliphatic hydroxyl groups excluding tert-OH is 1. The molecule has 0 aliphatic carbocycles. The van der Waals surface area contributed by atoms with Crippen LogP contribution in [-0.4, -0.2) is 85.0 Å². The van der Waals surface area contributed by atoms with Crippen molar-refractivity contribution in [3.8, 4) is 5.75 Å². The van der Waals surface area contributed by atoms with Gasteiger partial charge in [-0.05, 0) is 31.5 Å². The minimum atomic E-state index is -0.619. The van der Waals surface area contributed by atoms with E-state index in [9.17, 15) is 9.90 Å². The minimum absolute atomic E-state index is 0.00835. The third-order valence-corrected chi connectivity index (χ3v) is 4.85. The van der Waals surface area contributed by atoms with Gasteiger partial charge in [0.25, 0.3) is 0 Å². The number of ether oxygens (including phenoxy) is 2. The van der Waals surface area contributed by atoms with Crippen LogP contribution in [0, 0.1) is 0 Å². The number of rotatable bonds is 7. The van der Waals surface area contributed by atoms with Gasteiger partial charge in [0.05, 0.1) is 18.8 Å². The summed E-state index contributed by atoms with van der Waals surface area (Å²) in [7, 11) is 0. The van der Waals surface area contributed by atoms with E-state index in [1.54, 1.807) is 0 Å². The average Bonchev–Trinajstić information content (AvgIpc) is 2.60. The molecular weight excluding hydrogens is 346 g/mol. The summed E-state index contributed by atoms with van der Waals surface area (Å²) in [6.45, 7) is 9.41. The normalized spacial score (nSPS) is 25.8. The Labute approximate surface area is 161 Å². The lowest BCUT2D eigenvalue weighted by atomic mass is 10.1. The van der Waals surface area contributed by atoms with Gasteiger partial charge >= 0.3 is 0 Å². The van der Waals surface area contributed by atoms with Crippen molar-refractivity contribution in [3.63, 3.8) is 0 Å². The van der Waals surface area contributed by atoms with Crippen LogP contribution < -0.4 is 10.1 Å². The number of hydrogen-bond donors (Lipinski definition) is 2. The van der Waals surface area contributed by atoms with Gasteiger partial charge < -0.3 is 19.9 Å². The van der Waals surface area contributed by atoms with Crippen molar-refractivity contribution in [2.24, 2.45) is 0 Å². The molecule has 2 aliphatic heterocycles. The molecule has 1 unspecified atom stereocenters. The van der Waals surface area contributed by atoms with Crippen molar-refractivity contribution in [2.75, 3.05) is 45.9 Å². The summed E-state index contributed by atoms with van der Waals surface area (Å²) in [5.41, 5.74) is 1.24. The highest BCUT2D eigenvalue weighted by molar-refractivity contribution is 5.78. The molecule has 27 heavy (non-hydrogen) atoms. The van der Waals surface area contributed by atoms with Gasteiger partial charge in [-0.1, -0.05) is 12.1 Å². The number of β-amino-alcohol motifs (C(OH)–C–C–N with tert-alkyl or cyclic N) is 1. The van der Waals surface area contributed by atoms with Crippen molar-refractivity contribution in [2.45, 2.75) is 38.7 Å². The largest absolute Gasteiger partial charge is 0.491 e. The summed E-state index contributed by atoms with van der Waals surface area (Å²) in [5, 5.41) is 12.9. The fourth-order valence-electron chi connectivity index (χ4n) is 3.75. The first kappa shape index (κ1) is 20.1. The van der Waals surface area contributed by atoms with E-state index in [0.29, 0.717) is 19.6 Å². The molecule has 0 aromatic heterocycles. The number of hydrogen-bond acceptors (Lipinski definition) is 6. The summed E-state index contributed by atoms with van der Waals surface area (Å²) in [6.07, 6.45) is -0.0838. The number of morpholine rings is 1. The summed E-state index contributed by atoms with van der Waals surface area (Å²) in [4.78, 5) is 15.7. The quantitative estimate of drug-likeness (QED) is 0.720. The number of carbonyl (C=O) groups excluding carboxylic acids is 1. The van der Waals surface area contributed by atoms with Crippen LogP contribution in [0.1, 0.15) is 19.4 Å². The summed E-state index contributed by atoms with van der Waals surface area (Å²) in [6, 6.07) is 8.04. The molecule has 2 heterocycles. The van der Waals surface area contributed by atoms with Gasteiger partial charge in [0.1, 0.15) is 18.5 Å². The highest BCUT2D eigenvalue weighted by Crippen LogP contribution is 2.17. The van der Waals surface area contributed by atoms with E-state index in [0.717, 1.165) is 31.9 Å². The average molecular weight is 377 g/mol. The molecule has 3 rings (SSSR count). The number of aliphatic hydroxyl groups is 1. The minimum Gasteiger partial charge on any atom is -0.491 e. The molecule has 150 valence electrons. The van der Waals surface area contributed by atoms with Crippen LogP contribution in [0.2, 0.25) is 0 Å². The van der Waals surface area contributed by atoms with Gasteiger partial charge in [0.15, 0.2) is 0 Å². The third-order valence-electron chi connectivity index (χ3n) is 4.85. The summed E-state index contributed by atoms with van der Waals surface area (Å²) < 4.78 is 11.5. The molecule has 7 heteroatoms. The Hall–Kier alpha value is -1.67. The Balaban J connectivity index is 1.41. The second-order valence-electron chi connectivity index (χ2n) is 7.65. The molecule has 2 saturated heterocycles. The Kier molecular flexibility index (Phi) is 7.07. The number of nitrogens with zero attached hydrogens (tertiary/aromatic N) is 2. The lowest BCUT2D eigenvalue weighted by Gasteiger charge is -2.35. The molecule has 0 spiro atoms. The van der Waals surface area contributed by atoms with E-state index >= 15 is 0 Å². The molecule has 3 atom stereocenters. The van der Waals surface area contributed by atoms with E-state index in [-0.39, 0.29) is 24.7 Å². The highest BCUT2D eigenvalue weighted by Gasteiger charge is 2.22. The van der Waals surface area contributed by atoms with Crippen LogP contribution in [0.15, 0.2) is 24.3 Å². The van der Waals surface area contributed by atoms with E-state index in [2.05, 4.69) is 36.2 Å². The van der Waals surface area contributed by atoms with Gasteiger partial charge in [-0.15, -0.1) is 0 Å². The van der Waals surface area contributed by atoms with Gasteiger partial charge in [0.2, 0.25) is 5.91 Å². The molecule has 7 nitrogen and oxygen atoms in total. The first-order valence-electron chi connectivity index (χ1n) is 9.74. The van der Waals surface area contributed by atoms with Crippen molar-refractivity contribution >= 4 is 5.91 Å². The zero-order valence-electron chi connectivity index (χ0n) is 16.3. The highest BCUT2D eigenvalue weighted by atomic mass is 16.5. The first-order valence-corrected chi connectivity index (χ1v) is 9.74. The number of piperazine rings is 1. The predicted octanol–water partition coefficient (Wildman–Crippen LogP) is 0.467. The lowest BCUT2D eigenvalue weighted by Crippen LogP contribution is -2.50. The molecule has 1 aromatic carbocycles. The standard InChI is InChI=1S/C20H31N3O4/c1-15-9-23(10-16(2)27-15)11-17-3-5-19(6-4-17)26-14-18(24)12-22-8-7-21-20(25)13-22/h3-6,15-16,18,24H,7-14H2,1-2H3,(H,21,25)/t15-,16+,18?. The fourth-order valence-corrected chi connectivity index (χ4v) is 3.75. The second kappa shape index (κ2) is 9.50. The molecule has 0 saturated carbocycles. The van der Waals surface area contributed by atoms with Crippen LogP contribution in [0.25, 0.3) is 0 Å². The summed E-state index contributed by atoms with van der Waals surface area (Å²) >= 11 is 0. The Morgan fingerprint density at radius 3 is 2.59 bits per heavy atom. The smallest absolute Gasteiger partial charge is 0.234 e. The zero-order chi connectivity index (χ0) is 19.2. The van der Waals surface area contributed by atoms with Gasteiger partial charge in [-0.2, -0.15) is 0 Å². The number of benzene rings is 1. The van der Waals surface area contributed by atoms with Crippen LogP contribution >= 0.6 is 0 Å². The Morgan fingerprint density at radius 1 is 1.22 bits per heavy atom. The van der Waals surface area contributed by atoms with Crippen LogP contribution in [0.3, 0.4) is 0 Å². The van der Waals surface area contributed by atoms with Crippen LogP contribution in [-0.2, 0) is 16.1 Å². The molecular formula is C20H31N3O4. The molecule has 2 N–H and O–H groups in total. The van der Waals surface area contributed by atoms with Crippen LogP contribution in [0.4, 0.5) is 0 Å². The lowest BCUT2D eigenvalue weighted by molar-refractivity contribution is -0.124. The molecule has 1 amide bonds. The topological polar surface area (TPSA) is 74.3 Å². The molecule has 0 radical (unpaired) electrons. The van der Waals surface area contributed by atoms with E-state index < -0.39 is 6.10 Å². The SMILES string of the molecule is C[C@@H]1CN(Cc2ccc(OCC(O)CN3CCNC(=O)C3)cc2)C[C@H](C)O1. The van der Waals surface area contributed by atoms with E-state index in [4.69, 9.17) is 9.47 Å². The Morgan fingerprint density at radius 2 is 1.93 bits per heavy atom. The van der Waals surface area contributed by atoms with Gasteiger partial charge in [0, 0.05) is 39.3 Å². The van der Waals surface area contributed by atoms with E-state index in [1.165, 1.54) is 5.56 Å². The van der Waals surface area contributed by atoms with Crippen LogP contribution in [0.5, 0.6) is 5.75 Å². The molecule has 1 aromatic rings. The maximum Gasteiger partial charge on any atom is 0.234 e. The Bertz CT molecular complexity index is 600. The first-order chi connectivity index (χ1) is 13.0. The molecule has 2 fully saturated rings. The summed E-state index contributed by atoms with van der Waals surface area (Å²) in [5.74, 6) is 0.756. The number of carbonyl (C=O) groups is 1. The van der Waals surface area contributed by atoms with Crippen molar-refractivity contribution < 1.29 is 19.4 Å². The van der Waals surface area contributed by atoms with Gasteiger partial charge in [-0.3, -0.25) is 14.6 Å². The number of amides is 1. The fraction of sp³-hybridized carbons (Fsp3) is 0.650. The maximum absolute atomic E-state index is 11.4. The van der Waals surface area contributed by atoms with Gasteiger partial charge in [-0.25, -0.2) is 0 Å². The van der Waals surface area contributed by atoms with Crippen molar-refractivity contribution in [1.82, 2.24) is 15.1 Å². The predicted molar refractivity (Wildman–Crippen MR) is 103 cm³/mol. The second-order valence-corrected chi connectivity index (χ2v) is 7.65. The maximum atomic E-state index is 11.4.